The van der Waals surface area contributed by atoms with Gasteiger partial charge < -0.3 is 15.5 Å². The van der Waals surface area contributed by atoms with Crippen molar-refractivity contribution in [1.29, 1.82) is 0 Å². The van der Waals surface area contributed by atoms with Gasteiger partial charge in [0.1, 0.15) is 28.8 Å². The third-order valence-corrected chi connectivity index (χ3v) is 6.21. The van der Waals surface area contributed by atoms with Crippen LogP contribution in [0.2, 0.25) is 0 Å². The van der Waals surface area contributed by atoms with E-state index in [0.29, 0.717) is 50.4 Å². The lowest BCUT2D eigenvalue weighted by Gasteiger charge is -2.09. The fourth-order valence-electron chi connectivity index (χ4n) is 4.05. The average Bonchev–Trinajstić information content (AvgIpc) is 3.34. The van der Waals surface area contributed by atoms with Gasteiger partial charge in [0, 0.05) is 34.2 Å². The number of halogens is 2. The third kappa shape index (κ3) is 5.50. The average molecular weight is 526 g/mol. The number of carbonyl (C=O) groups excluding carboxylic acids is 1. The van der Waals surface area contributed by atoms with Crippen LogP contribution in [-0.2, 0) is 11.3 Å². The number of furan rings is 1. The Balaban J connectivity index is 1.46. The SMILES string of the molecule is Nc1ccc(/C=C/C(=O)NCc2cc3cc(-c4ccc(C=S)cc4F)cc(-c4ccc(F)cc4)c3o2)cn1. The van der Waals surface area contributed by atoms with Gasteiger partial charge >= 0.3 is 0 Å². The number of benzene rings is 3. The minimum atomic E-state index is -0.410. The molecule has 188 valence electrons. The van der Waals surface area contributed by atoms with E-state index in [4.69, 9.17) is 22.4 Å². The lowest BCUT2D eigenvalue weighted by atomic mass is 9.96. The van der Waals surface area contributed by atoms with E-state index in [1.54, 1.807) is 60.8 Å². The molecule has 5 aromatic rings. The minimum Gasteiger partial charge on any atom is -0.459 e. The highest BCUT2D eigenvalue weighted by molar-refractivity contribution is 7.79. The second-order valence-corrected chi connectivity index (χ2v) is 8.82. The number of carbonyl (C=O) groups is 1. The van der Waals surface area contributed by atoms with Gasteiger partial charge in [0.05, 0.1) is 6.54 Å². The summed E-state index contributed by atoms with van der Waals surface area (Å²) in [4.78, 5) is 16.3. The molecule has 3 aromatic carbocycles. The molecule has 3 N–H and O–H groups in total. The quantitative estimate of drug-likeness (QED) is 0.183. The smallest absolute Gasteiger partial charge is 0.244 e. The van der Waals surface area contributed by atoms with Crippen molar-refractivity contribution in [2.45, 2.75) is 6.54 Å². The van der Waals surface area contributed by atoms with Crippen molar-refractivity contribution in [3.05, 3.63) is 114 Å². The highest BCUT2D eigenvalue weighted by Crippen LogP contribution is 2.37. The molecule has 2 heterocycles. The first kappa shape index (κ1) is 25.0. The van der Waals surface area contributed by atoms with Gasteiger partial charge in [0.25, 0.3) is 0 Å². The first-order chi connectivity index (χ1) is 18.4. The predicted molar refractivity (Wildman–Crippen MR) is 149 cm³/mol. The first-order valence-electron chi connectivity index (χ1n) is 11.6. The molecule has 0 bridgehead atoms. The van der Waals surface area contributed by atoms with Gasteiger partial charge in [-0.3, -0.25) is 4.79 Å². The van der Waals surface area contributed by atoms with E-state index in [-0.39, 0.29) is 18.3 Å². The van der Waals surface area contributed by atoms with E-state index < -0.39 is 5.82 Å². The summed E-state index contributed by atoms with van der Waals surface area (Å²) in [6.07, 6.45) is 4.59. The van der Waals surface area contributed by atoms with Crippen LogP contribution >= 0.6 is 12.2 Å². The number of hydrogen-bond donors (Lipinski definition) is 2. The number of pyridine rings is 1. The van der Waals surface area contributed by atoms with Gasteiger partial charge in [-0.05, 0) is 76.9 Å². The van der Waals surface area contributed by atoms with E-state index in [0.717, 1.165) is 5.56 Å². The van der Waals surface area contributed by atoms with Crippen LogP contribution in [0, 0.1) is 11.6 Å². The van der Waals surface area contributed by atoms with E-state index >= 15 is 0 Å². The Kier molecular flexibility index (Phi) is 7.06. The zero-order valence-corrected chi connectivity index (χ0v) is 20.8. The second kappa shape index (κ2) is 10.7. The van der Waals surface area contributed by atoms with Crippen molar-refractivity contribution >= 4 is 46.4 Å². The van der Waals surface area contributed by atoms with Crippen molar-refractivity contribution < 1.29 is 18.0 Å². The summed E-state index contributed by atoms with van der Waals surface area (Å²) in [5.41, 5.74) is 9.86. The maximum atomic E-state index is 14.9. The topological polar surface area (TPSA) is 81.2 Å². The number of anilines is 1. The number of amides is 1. The molecule has 0 aliphatic carbocycles. The fraction of sp³-hybridized carbons (Fsp3) is 0.0333. The van der Waals surface area contributed by atoms with Gasteiger partial charge in [0.15, 0.2) is 0 Å². The molecule has 0 unspecified atom stereocenters. The number of aromatic nitrogens is 1. The molecule has 0 radical (unpaired) electrons. The van der Waals surface area contributed by atoms with Crippen molar-refractivity contribution in [3.8, 4) is 22.3 Å². The summed E-state index contributed by atoms with van der Waals surface area (Å²) in [7, 11) is 0. The Labute approximate surface area is 222 Å². The standard InChI is InChI=1S/C30H21F2N3O2S/c31-23-6-4-20(5-7-23)26-14-21(25-8-1-19(17-38)11-27(25)32)12-22-13-24(37-30(22)26)16-35-29(36)10-3-18-2-9-28(33)34-15-18/h1-15,17H,16H2,(H2,33,34)(H,35,36)/b10-3+. The van der Waals surface area contributed by atoms with Gasteiger partial charge in [0.2, 0.25) is 5.91 Å². The van der Waals surface area contributed by atoms with Crippen LogP contribution < -0.4 is 11.1 Å². The molecule has 0 saturated carbocycles. The van der Waals surface area contributed by atoms with Crippen LogP contribution in [0.15, 0.2) is 89.5 Å². The molecule has 0 spiro atoms. The summed E-state index contributed by atoms with van der Waals surface area (Å²) < 4.78 is 34.6. The maximum absolute atomic E-state index is 14.9. The molecular weight excluding hydrogens is 504 g/mol. The van der Waals surface area contributed by atoms with Crippen LogP contribution in [0.3, 0.4) is 0 Å². The number of hydrogen-bond acceptors (Lipinski definition) is 5. The Bertz CT molecular complexity index is 1680. The first-order valence-corrected chi connectivity index (χ1v) is 12.1. The van der Waals surface area contributed by atoms with Crippen LogP contribution in [0.25, 0.3) is 39.3 Å². The number of rotatable bonds is 7. The summed E-state index contributed by atoms with van der Waals surface area (Å²) in [6, 6.07) is 19.6. The number of nitrogens with zero attached hydrogens (tertiary/aromatic N) is 1. The third-order valence-electron chi connectivity index (χ3n) is 5.94. The summed E-state index contributed by atoms with van der Waals surface area (Å²) in [6.45, 7) is 0.133. The van der Waals surface area contributed by atoms with Crippen molar-refractivity contribution in [2.24, 2.45) is 0 Å². The Morgan fingerprint density at radius 3 is 2.45 bits per heavy atom. The van der Waals surface area contributed by atoms with Crippen LogP contribution in [0.1, 0.15) is 16.9 Å². The molecule has 0 aliphatic rings. The number of nitrogen functional groups attached to an aromatic ring is 1. The summed E-state index contributed by atoms with van der Waals surface area (Å²) in [5.74, 6) is -0.189. The summed E-state index contributed by atoms with van der Waals surface area (Å²) >= 11 is 4.91. The highest BCUT2D eigenvalue weighted by atomic mass is 32.1. The number of fused-ring (bicyclic) bond motifs is 1. The van der Waals surface area contributed by atoms with Gasteiger partial charge in [-0.1, -0.05) is 36.5 Å². The molecule has 1 amide bonds. The van der Waals surface area contributed by atoms with Crippen molar-refractivity contribution in [2.75, 3.05) is 5.73 Å². The van der Waals surface area contributed by atoms with E-state index in [1.807, 2.05) is 6.07 Å². The van der Waals surface area contributed by atoms with Crippen LogP contribution in [0.4, 0.5) is 14.6 Å². The lowest BCUT2D eigenvalue weighted by Crippen LogP contribution is -2.19. The van der Waals surface area contributed by atoms with Crippen molar-refractivity contribution in [1.82, 2.24) is 10.3 Å². The molecular formula is C30H21F2N3O2S. The molecule has 8 heteroatoms. The summed E-state index contributed by atoms with van der Waals surface area (Å²) in [5, 5.41) is 4.92. The second-order valence-electron chi connectivity index (χ2n) is 8.59. The molecule has 5 rings (SSSR count). The minimum absolute atomic E-state index is 0.133. The van der Waals surface area contributed by atoms with Crippen LogP contribution in [-0.4, -0.2) is 16.3 Å². The lowest BCUT2D eigenvalue weighted by molar-refractivity contribution is -0.116. The highest BCUT2D eigenvalue weighted by Gasteiger charge is 2.16. The molecule has 38 heavy (non-hydrogen) atoms. The molecule has 0 fully saturated rings. The molecule has 0 atom stereocenters. The maximum Gasteiger partial charge on any atom is 0.244 e. The van der Waals surface area contributed by atoms with E-state index in [9.17, 15) is 13.6 Å². The monoisotopic (exact) mass is 525 g/mol. The largest absolute Gasteiger partial charge is 0.459 e. The van der Waals surface area contributed by atoms with Gasteiger partial charge in [-0.2, -0.15) is 0 Å². The zero-order valence-electron chi connectivity index (χ0n) is 19.9. The number of nitrogens with two attached hydrogens (primary N) is 1. The predicted octanol–water partition coefficient (Wildman–Crippen LogP) is 6.70. The zero-order chi connectivity index (χ0) is 26.6. The van der Waals surface area contributed by atoms with Crippen LogP contribution in [0.5, 0.6) is 0 Å². The normalized spacial score (nSPS) is 11.2. The Morgan fingerprint density at radius 1 is 0.947 bits per heavy atom. The Morgan fingerprint density at radius 2 is 1.74 bits per heavy atom. The van der Waals surface area contributed by atoms with E-state index in [2.05, 4.69) is 10.3 Å². The van der Waals surface area contributed by atoms with Gasteiger partial charge in [-0.15, -0.1) is 0 Å². The van der Waals surface area contributed by atoms with Gasteiger partial charge in [-0.25, -0.2) is 13.8 Å². The molecule has 2 aromatic heterocycles. The van der Waals surface area contributed by atoms with Crippen molar-refractivity contribution in [3.63, 3.8) is 0 Å². The Hall–Kier alpha value is -4.69. The van der Waals surface area contributed by atoms with E-state index in [1.165, 1.54) is 29.6 Å². The fourth-order valence-corrected chi connectivity index (χ4v) is 4.20. The number of thiocarbonyl (C=S) groups is 1. The number of nitrogens with one attached hydrogen (secondary N) is 1. The molecule has 0 saturated heterocycles. The molecule has 0 aliphatic heterocycles. The molecule has 5 nitrogen and oxygen atoms in total.